The van der Waals surface area contributed by atoms with Crippen molar-refractivity contribution < 1.29 is 31.2 Å². The van der Waals surface area contributed by atoms with Gasteiger partial charge in [-0.3, -0.25) is 9.69 Å². The van der Waals surface area contributed by atoms with E-state index in [1.54, 1.807) is 6.07 Å². The van der Waals surface area contributed by atoms with Gasteiger partial charge in [-0.2, -0.15) is 8.42 Å². The first-order valence-electron chi connectivity index (χ1n) is 11.0. The van der Waals surface area contributed by atoms with E-state index in [-0.39, 0.29) is 29.0 Å². The summed E-state index contributed by atoms with van der Waals surface area (Å²) in [6, 6.07) is 6.31. The summed E-state index contributed by atoms with van der Waals surface area (Å²) in [5, 5.41) is 4.00. The summed E-state index contributed by atoms with van der Waals surface area (Å²) >= 11 is 0.990. The van der Waals surface area contributed by atoms with Crippen molar-refractivity contribution in [1.82, 2.24) is 9.88 Å². The summed E-state index contributed by atoms with van der Waals surface area (Å²) in [4.78, 5) is 19.9. The predicted molar refractivity (Wildman–Crippen MR) is 126 cm³/mol. The number of carbonyl (C=O) groups excluding carboxylic acids is 1. The molecule has 13 heteroatoms. The molecule has 0 bridgehead atoms. The molecule has 2 fully saturated rings. The molecule has 1 N–H and O–H groups in total. The molecule has 0 unspecified atom stereocenters. The van der Waals surface area contributed by atoms with E-state index in [4.69, 9.17) is 0 Å². The van der Waals surface area contributed by atoms with Gasteiger partial charge in [-0.05, 0) is 42.0 Å². The first-order valence-corrected chi connectivity index (χ1v) is 13.4. The number of hydrogen-bond acceptors (Lipinski definition) is 8. The quantitative estimate of drug-likeness (QED) is 0.308. The Kier molecular flexibility index (Phi) is 6.39. The van der Waals surface area contributed by atoms with E-state index in [1.807, 2.05) is 6.07 Å². The van der Waals surface area contributed by atoms with Crippen molar-refractivity contribution in [3.05, 3.63) is 69.8 Å². The van der Waals surface area contributed by atoms with Crippen molar-refractivity contribution in [2.45, 2.75) is 30.8 Å². The van der Waals surface area contributed by atoms with Crippen LogP contribution in [0.4, 0.5) is 24.7 Å². The van der Waals surface area contributed by atoms with E-state index in [2.05, 4.69) is 20.0 Å². The lowest BCUT2D eigenvalue weighted by Gasteiger charge is -2.40. The Bertz CT molecular complexity index is 1370. The summed E-state index contributed by atoms with van der Waals surface area (Å²) in [5.41, 5.74) is 2.75. The Hall–Kier alpha value is -3.16. The molecule has 3 aromatic rings. The number of anilines is 2. The van der Waals surface area contributed by atoms with Crippen molar-refractivity contribution in [1.29, 1.82) is 0 Å². The van der Waals surface area contributed by atoms with E-state index < -0.39 is 32.4 Å². The molecular formula is C23H21F3N4O4S2. The number of nitrogens with one attached hydrogen (secondary N) is 1. The average molecular weight is 539 g/mol. The molecule has 2 aliphatic rings. The Balaban J connectivity index is 1.35. The van der Waals surface area contributed by atoms with E-state index >= 15 is 0 Å². The van der Waals surface area contributed by atoms with Crippen molar-refractivity contribution in [2.75, 3.05) is 22.9 Å². The Morgan fingerprint density at radius 1 is 1.17 bits per heavy atom. The van der Waals surface area contributed by atoms with Crippen molar-refractivity contribution in [3.8, 4) is 0 Å². The lowest BCUT2D eigenvalue weighted by atomic mass is 9.95. The zero-order valence-corrected chi connectivity index (χ0v) is 20.4. The highest BCUT2D eigenvalue weighted by atomic mass is 32.2. The number of benzene rings is 2. The van der Waals surface area contributed by atoms with Crippen LogP contribution in [-0.2, 0) is 32.7 Å². The molecule has 1 aliphatic heterocycles. The van der Waals surface area contributed by atoms with Crippen LogP contribution in [0.3, 0.4) is 0 Å². The number of nitrogens with zero attached hydrogens (tertiary/aromatic N) is 3. The molecule has 8 nitrogen and oxygen atoms in total. The zero-order valence-electron chi connectivity index (χ0n) is 18.8. The Morgan fingerprint density at radius 3 is 2.50 bits per heavy atom. The fourth-order valence-corrected chi connectivity index (χ4v) is 6.29. The second-order valence-corrected chi connectivity index (χ2v) is 11.3. The minimum absolute atomic E-state index is 0.0399. The van der Waals surface area contributed by atoms with E-state index in [0.29, 0.717) is 17.5 Å². The molecule has 0 radical (unpaired) electrons. The summed E-state index contributed by atoms with van der Waals surface area (Å²) in [5.74, 6) is -3.63. The molecule has 0 atom stereocenters. The molecule has 2 aromatic carbocycles. The molecule has 1 aliphatic carbocycles. The van der Waals surface area contributed by atoms with Crippen LogP contribution in [0.2, 0.25) is 0 Å². The SMILES string of the molecule is O=CON(c1cscn1)S(=O)(=O)c1c(F)cc(NCc2c(F)cccc2CN2CC3(CC3)C2)cc1F. The molecule has 190 valence electrons. The first kappa shape index (κ1) is 24.5. The van der Waals surface area contributed by atoms with Crippen molar-refractivity contribution in [3.63, 3.8) is 0 Å². The summed E-state index contributed by atoms with van der Waals surface area (Å²) < 4.78 is 70.2. The number of halogens is 3. The monoisotopic (exact) mass is 538 g/mol. The maximum Gasteiger partial charge on any atom is 0.322 e. The molecule has 5 rings (SSSR count). The molecule has 1 saturated carbocycles. The summed E-state index contributed by atoms with van der Waals surface area (Å²) in [6.07, 6.45) is 2.46. The number of likely N-dealkylation sites (tertiary alicyclic amines) is 1. The van der Waals surface area contributed by atoms with Gasteiger partial charge in [0.05, 0.1) is 5.51 Å². The maximum absolute atomic E-state index is 14.9. The summed E-state index contributed by atoms with van der Waals surface area (Å²) in [7, 11) is -4.98. The van der Waals surface area contributed by atoms with Crippen LogP contribution in [0, 0.1) is 22.9 Å². The number of carbonyl (C=O) groups is 1. The topological polar surface area (TPSA) is 91.8 Å². The second kappa shape index (κ2) is 9.37. The van der Waals surface area contributed by atoms with Gasteiger partial charge < -0.3 is 10.2 Å². The van der Waals surface area contributed by atoms with E-state index in [1.165, 1.54) is 29.8 Å². The second-order valence-electron chi connectivity index (χ2n) is 8.93. The molecule has 1 saturated heterocycles. The zero-order chi connectivity index (χ0) is 25.5. The molecule has 2 heterocycles. The minimum Gasteiger partial charge on any atom is -0.381 e. The fraction of sp³-hybridized carbons (Fsp3) is 0.304. The third-order valence-electron chi connectivity index (χ3n) is 6.37. The largest absolute Gasteiger partial charge is 0.381 e. The Morgan fingerprint density at radius 2 is 1.89 bits per heavy atom. The smallest absolute Gasteiger partial charge is 0.322 e. The third-order valence-corrected chi connectivity index (χ3v) is 8.56. The van der Waals surface area contributed by atoms with Crippen molar-refractivity contribution >= 4 is 39.3 Å². The van der Waals surface area contributed by atoms with Crippen LogP contribution in [0.25, 0.3) is 0 Å². The van der Waals surface area contributed by atoms with Crippen LogP contribution in [0.15, 0.2) is 46.1 Å². The highest BCUT2D eigenvalue weighted by Gasteiger charge is 2.51. The maximum atomic E-state index is 14.9. The molecule has 1 aromatic heterocycles. The number of thiazole rings is 1. The number of hydrogen-bond donors (Lipinski definition) is 1. The van der Waals surface area contributed by atoms with Gasteiger partial charge in [0.2, 0.25) is 0 Å². The van der Waals surface area contributed by atoms with Gasteiger partial charge in [0, 0.05) is 42.8 Å². The normalized spacial score (nSPS) is 16.4. The molecule has 0 amide bonds. The van der Waals surface area contributed by atoms with E-state index in [0.717, 1.165) is 42.1 Å². The standard InChI is InChI=1S/C23H21F3N4O4S2/c24-18-3-1-2-15(9-29-11-23(12-29)4-5-23)17(18)8-27-16-6-19(25)22(20(26)7-16)36(32,33)30(34-14-31)21-10-35-13-28-21/h1-3,6-7,10,13-14,27H,4-5,8-9,11-12H2. The van der Waals surface area contributed by atoms with Crippen LogP contribution in [-0.4, -0.2) is 37.9 Å². The van der Waals surface area contributed by atoms with Gasteiger partial charge in [-0.1, -0.05) is 16.6 Å². The minimum atomic E-state index is -4.98. The van der Waals surface area contributed by atoms with Crippen LogP contribution in [0.1, 0.15) is 24.0 Å². The Labute approximate surface area is 209 Å². The molecule has 36 heavy (non-hydrogen) atoms. The average Bonchev–Trinajstić information content (AvgIpc) is 3.41. The van der Waals surface area contributed by atoms with Gasteiger partial charge in [0.1, 0.15) is 17.5 Å². The number of sulfonamides is 1. The van der Waals surface area contributed by atoms with Crippen molar-refractivity contribution in [2.24, 2.45) is 5.41 Å². The van der Waals surface area contributed by atoms with Crippen LogP contribution < -0.4 is 9.79 Å². The fourth-order valence-electron chi connectivity index (χ4n) is 4.45. The lowest BCUT2D eigenvalue weighted by Crippen LogP contribution is -2.47. The van der Waals surface area contributed by atoms with Gasteiger partial charge in [-0.25, -0.2) is 18.2 Å². The summed E-state index contributed by atoms with van der Waals surface area (Å²) in [6.45, 7) is 2.27. The highest BCUT2D eigenvalue weighted by molar-refractivity contribution is 7.92. The number of aromatic nitrogens is 1. The molecular weight excluding hydrogens is 517 g/mol. The van der Waals surface area contributed by atoms with Crippen LogP contribution >= 0.6 is 11.3 Å². The molecule has 1 spiro atoms. The predicted octanol–water partition coefficient (Wildman–Crippen LogP) is 4.05. The third kappa shape index (κ3) is 4.65. The van der Waals surface area contributed by atoms with Gasteiger partial charge in [0.15, 0.2) is 10.7 Å². The van der Waals surface area contributed by atoms with E-state index in [9.17, 15) is 26.4 Å². The van der Waals surface area contributed by atoms with Crippen LogP contribution in [0.5, 0.6) is 0 Å². The van der Waals surface area contributed by atoms with Gasteiger partial charge >= 0.3 is 16.5 Å². The lowest BCUT2D eigenvalue weighted by molar-refractivity contribution is -0.128. The number of rotatable bonds is 10. The highest BCUT2D eigenvalue weighted by Crippen LogP contribution is 2.53. The van der Waals surface area contributed by atoms with Gasteiger partial charge in [0.25, 0.3) is 0 Å². The van der Waals surface area contributed by atoms with Gasteiger partial charge in [-0.15, -0.1) is 11.3 Å². The first-order chi connectivity index (χ1) is 17.2.